The van der Waals surface area contributed by atoms with Gasteiger partial charge < -0.3 is 5.32 Å². The van der Waals surface area contributed by atoms with E-state index in [4.69, 9.17) is 23.2 Å². The Kier molecular flexibility index (Phi) is 5.02. The fourth-order valence-electron chi connectivity index (χ4n) is 3.14. The normalized spacial score (nSPS) is 11.2. The predicted octanol–water partition coefficient (Wildman–Crippen LogP) is 4.39. The van der Waals surface area contributed by atoms with Crippen molar-refractivity contribution in [2.24, 2.45) is 7.05 Å². The van der Waals surface area contributed by atoms with Crippen LogP contribution in [0.2, 0.25) is 10.0 Å². The second-order valence-corrected chi connectivity index (χ2v) is 7.60. The van der Waals surface area contributed by atoms with Crippen LogP contribution >= 0.6 is 23.2 Å². The van der Waals surface area contributed by atoms with Crippen molar-refractivity contribution in [1.82, 2.24) is 24.5 Å². The van der Waals surface area contributed by atoms with Gasteiger partial charge in [-0.1, -0.05) is 23.2 Å². The molecule has 29 heavy (non-hydrogen) atoms. The topological polar surface area (TPSA) is 77.6 Å². The van der Waals surface area contributed by atoms with E-state index in [0.717, 1.165) is 11.4 Å². The van der Waals surface area contributed by atoms with Crippen LogP contribution < -0.4 is 5.32 Å². The molecular formula is C20H18Cl2N6O. The van der Waals surface area contributed by atoms with Crippen molar-refractivity contribution in [3.8, 4) is 0 Å². The predicted molar refractivity (Wildman–Crippen MR) is 114 cm³/mol. The highest BCUT2D eigenvalue weighted by molar-refractivity contribution is 6.39. The maximum atomic E-state index is 12.7. The van der Waals surface area contributed by atoms with Gasteiger partial charge in [0.15, 0.2) is 5.65 Å². The van der Waals surface area contributed by atoms with E-state index in [9.17, 15) is 4.79 Å². The van der Waals surface area contributed by atoms with Gasteiger partial charge in [-0.25, -0.2) is 9.67 Å². The van der Waals surface area contributed by atoms with Crippen molar-refractivity contribution in [3.05, 3.63) is 69.2 Å². The number of halogens is 2. The molecular weight excluding hydrogens is 411 g/mol. The number of rotatable bonds is 4. The Bertz CT molecular complexity index is 1210. The van der Waals surface area contributed by atoms with Gasteiger partial charge in [-0.3, -0.25) is 9.48 Å². The van der Waals surface area contributed by atoms with E-state index in [-0.39, 0.29) is 11.5 Å². The molecule has 1 aromatic carbocycles. The van der Waals surface area contributed by atoms with Crippen molar-refractivity contribution in [3.63, 3.8) is 0 Å². The van der Waals surface area contributed by atoms with Crippen molar-refractivity contribution in [1.29, 1.82) is 0 Å². The summed E-state index contributed by atoms with van der Waals surface area (Å²) in [7, 11) is 1.89. The van der Waals surface area contributed by atoms with E-state index in [2.05, 4.69) is 20.5 Å². The Balaban J connectivity index is 1.67. The first-order valence-electron chi connectivity index (χ1n) is 8.91. The van der Waals surface area contributed by atoms with E-state index in [1.165, 1.54) is 6.20 Å². The van der Waals surface area contributed by atoms with E-state index in [0.29, 0.717) is 39.0 Å². The van der Waals surface area contributed by atoms with Crippen LogP contribution in [0.5, 0.6) is 0 Å². The van der Waals surface area contributed by atoms with E-state index in [1.807, 2.05) is 31.6 Å². The standard InChI is InChI=1S/C20H18Cl2N6O/c1-11-8-15(26-27(11)3)10-28-19-17(12(2)25-28)18(22)16(9-23-19)20(29)24-14-6-4-13(21)5-7-14/h4-9H,10H2,1-3H3,(H,24,29). The minimum absolute atomic E-state index is 0.283. The lowest BCUT2D eigenvalue weighted by Gasteiger charge is -2.08. The molecule has 0 aliphatic rings. The molecule has 9 heteroatoms. The van der Waals surface area contributed by atoms with Gasteiger partial charge in [-0.05, 0) is 44.2 Å². The zero-order valence-corrected chi connectivity index (χ0v) is 17.6. The fourth-order valence-corrected chi connectivity index (χ4v) is 3.62. The molecule has 7 nitrogen and oxygen atoms in total. The van der Waals surface area contributed by atoms with Crippen molar-refractivity contribution >= 4 is 45.8 Å². The number of fused-ring (bicyclic) bond motifs is 1. The van der Waals surface area contributed by atoms with Crippen LogP contribution in [-0.2, 0) is 13.6 Å². The number of hydrogen-bond donors (Lipinski definition) is 1. The number of nitrogens with one attached hydrogen (secondary N) is 1. The second kappa shape index (κ2) is 7.50. The number of benzene rings is 1. The summed E-state index contributed by atoms with van der Waals surface area (Å²) >= 11 is 12.5. The van der Waals surface area contributed by atoms with Crippen molar-refractivity contribution in [2.75, 3.05) is 5.32 Å². The monoisotopic (exact) mass is 428 g/mol. The molecule has 148 valence electrons. The summed E-state index contributed by atoms with van der Waals surface area (Å²) in [5, 5.41) is 13.4. The molecule has 1 N–H and O–H groups in total. The summed E-state index contributed by atoms with van der Waals surface area (Å²) in [6.07, 6.45) is 1.47. The van der Waals surface area contributed by atoms with E-state index < -0.39 is 0 Å². The van der Waals surface area contributed by atoms with Gasteiger partial charge in [0.2, 0.25) is 0 Å². The Morgan fingerprint density at radius 3 is 2.52 bits per heavy atom. The molecule has 0 saturated carbocycles. The van der Waals surface area contributed by atoms with Gasteiger partial charge in [0.05, 0.1) is 33.9 Å². The smallest absolute Gasteiger partial charge is 0.258 e. The molecule has 4 rings (SSSR count). The average Bonchev–Trinajstić information content (AvgIpc) is 3.16. The Morgan fingerprint density at radius 2 is 1.86 bits per heavy atom. The quantitative estimate of drug-likeness (QED) is 0.522. The molecule has 0 atom stereocenters. The summed E-state index contributed by atoms with van der Waals surface area (Å²) in [6.45, 7) is 4.30. The molecule has 3 aromatic heterocycles. The lowest BCUT2D eigenvalue weighted by molar-refractivity contribution is 0.102. The molecule has 0 unspecified atom stereocenters. The van der Waals surface area contributed by atoms with Gasteiger partial charge in [0, 0.05) is 29.6 Å². The minimum atomic E-state index is -0.348. The third-order valence-electron chi connectivity index (χ3n) is 4.70. The lowest BCUT2D eigenvalue weighted by Crippen LogP contribution is -2.13. The molecule has 0 fully saturated rings. The largest absolute Gasteiger partial charge is 0.322 e. The fraction of sp³-hybridized carbons (Fsp3) is 0.200. The summed E-state index contributed by atoms with van der Waals surface area (Å²) in [5.41, 5.74) is 4.14. The maximum Gasteiger partial charge on any atom is 0.258 e. The molecule has 1 amide bonds. The highest BCUT2D eigenvalue weighted by atomic mass is 35.5. The number of nitrogens with zero attached hydrogens (tertiary/aromatic N) is 5. The first-order valence-corrected chi connectivity index (χ1v) is 9.67. The SMILES string of the molecule is Cc1nn(Cc2cc(C)n(C)n2)c2ncc(C(=O)Nc3ccc(Cl)cc3)c(Cl)c12. The Labute approximate surface area is 177 Å². The van der Waals surface area contributed by atoms with E-state index >= 15 is 0 Å². The van der Waals surface area contributed by atoms with Crippen LogP contribution in [0.25, 0.3) is 11.0 Å². The third kappa shape index (κ3) is 3.71. The van der Waals surface area contributed by atoms with Crippen LogP contribution in [0, 0.1) is 13.8 Å². The summed E-state index contributed by atoms with van der Waals surface area (Å²) in [6, 6.07) is 8.84. The van der Waals surface area contributed by atoms with Gasteiger partial charge in [-0.2, -0.15) is 10.2 Å². The Morgan fingerprint density at radius 1 is 1.14 bits per heavy atom. The number of pyridine rings is 1. The average molecular weight is 429 g/mol. The molecule has 0 saturated heterocycles. The zero-order valence-electron chi connectivity index (χ0n) is 16.1. The first-order chi connectivity index (χ1) is 13.8. The molecule has 0 spiro atoms. The van der Waals surface area contributed by atoms with Crippen LogP contribution in [0.15, 0.2) is 36.5 Å². The minimum Gasteiger partial charge on any atom is -0.322 e. The molecule has 0 aliphatic heterocycles. The number of carbonyl (C=O) groups is 1. The summed E-state index contributed by atoms with van der Waals surface area (Å²) in [4.78, 5) is 17.2. The highest BCUT2D eigenvalue weighted by Crippen LogP contribution is 2.29. The highest BCUT2D eigenvalue weighted by Gasteiger charge is 2.20. The van der Waals surface area contributed by atoms with Crippen molar-refractivity contribution in [2.45, 2.75) is 20.4 Å². The molecule has 3 heterocycles. The van der Waals surface area contributed by atoms with Crippen LogP contribution in [-0.4, -0.2) is 30.5 Å². The number of hydrogen-bond acceptors (Lipinski definition) is 4. The van der Waals surface area contributed by atoms with Gasteiger partial charge in [0.25, 0.3) is 5.91 Å². The lowest BCUT2D eigenvalue weighted by atomic mass is 10.2. The van der Waals surface area contributed by atoms with Crippen LogP contribution in [0.3, 0.4) is 0 Å². The number of carbonyl (C=O) groups excluding carboxylic acids is 1. The number of aryl methyl sites for hydroxylation is 3. The number of anilines is 1. The molecule has 0 aliphatic carbocycles. The van der Waals surface area contributed by atoms with Gasteiger partial charge in [0.1, 0.15) is 0 Å². The molecule has 0 bridgehead atoms. The maximum absolute atomic E-state index is 12.7. The summed E-state index contributed by atoms with van der Waals surface area (Å²) < 4.78 is 3.56. The number of amides is 1. The zero-order chi connectivity index (χ0) is 20.7. The third-order valence-corrected chi connectivity index (χ3v) is 5.34. The second-order valence-electron chi connectivity index (χ2n) is 6.79. The molecule has 0 radical (unpaired) electrons. The van der Waals surface area contributed by atoms with E-state index in [1.54, 1.807) is 28.9 Å². The van der Waals surface area contributed by atoms with Crippen LogP contribution in [0.1, 0.15) is 27.4 Å². The first kappa shape index (κ1) is 19.4. The summed E-state index contributed by atoms with van der Waals surface area (Å²) in [5.74, 6) is -0.348. The number of aromatic nitrogens is 5. The van der Waals surface area contributed by atoms with Crippen molar-refractivity contribution < 1.29 is 4.79 Å². The van der Waals surface area contributed by atoms with Gasteiger partial charge in [-0.15, -0.1) is 0 Å². The molecule has 4 aromatic rings. The van der Waals surface area contributed by atoms with Gasteiger partial charge >= 0.3 is 0 Å². The Hall–Kier alpha value is -2.90. The van der Waals surface area contributed by atoms with Crippen LogP contribution in [0.4, 0.5) is 5.69 Å².